The summed E-state index contributed by atoms with van der Waals surface area (Å²) in [4.78, 5) is 0.304. The Hall–Kier alpha value is -0.100. The maximum Gasteiger partial charge on any atom is 0.175 e. The van der Waals surface area contributed by atoms with Crippen LogP contribution in [-0.4, -0.2) is 14.7 Å². The van der Waals surface area contributed by atoms with Crippen LogP contribution in [0.3, 0.4) is 0 Å². The number of halogens is 2. The van der Waals surface area contributed by atoms with E-state index in [9.17, 15) is 8.42 Å². The van der Waals surface area contributed by atoms with Crippen LogP contribution < -0.4 is 5.73 Å². The quantitative estimate of drug-likeness (QED) is 0.905. The molecule has 2 N–H and O–H groups in total. The third kappa shape index (κ3) is 3.24. The molecule has 0 aromatic heterocycles. The van der Waals surface area contributed by atoms with Crippen LogP contribution >= 0.6 is 28.3 Å². The van der Waals surface area contributed by atoms with Crippen LogP contribution in [0.25, 0.3) is 0 Å². The summed E-state index contributed by atoms with van der Waals surface area (Å²) in [6.45, 7) is 0.224. The molecule has 0 atom stereocenters. The minimum atomic E-state index is -3.16. The molecule has 14 heavy (non-hydrogen) atoms. The summed E-state index contributed by atoms with van der Waals surface area (Å²) in [6, 6.07) is 4.97. The topological polar surface area (TPSA) is 60.2 Å². The second-order valence-electron chi connectivity index (χ2n) is 2.73. The lowest BCUT2D eigenvalue weighted by atomic mass is 10.2. The first-order chi connectivity index (χ1) is 5.95. The molecule has 1 aromatic rings. The first-order valence-corrected chi connectivity index (χ1v) is 6.32. The number of nitrogens with two attached hydrogens (primary N) is 1. The number of hydrogen-bond acceptors (Lipinski definition) is 3. The molecule has 0 heterocycles. The molecule has 0 saturated carbocycles. The van der Waals surface area contributed by atoms with Gasteiger partial charge in [0.2, 0.25) is 0 Å². The Morgan fingerprint density at radius 1 is 1.43 bits per heavy atom. The zero-order valence-electron chi connectivity index (χ0n) is 7.53. The summed E-state index contributed by atoms with van der Waals surface area (Å²) in [5.41, 5.74) is 6.07. The van der Waals surface area contributed by atoms with Gasteiger partial charge in [-0.15, -0.1) is 12.4 Å². The van der Waals surface area contributed by atoms with Crippen LogP contribution in [0, 0.1) is 0 Å². The molecule has 3 nitrogen and oxygen atoms in total. The summed E-state index contributed by atoms with van der Waals surface area (Å²) in [5.74, 6) is 0. The van der Waals surface area contributed by atoms with Gasteiger partial charge in [-0.3, -0.25) is 0 Å². The lowest BCUT2D eigenvalue weighted by Gasteiger charge is -2.05. The van der Waals surface area contributed by atoms with Crippen molar-refractivity contribution in [1.82, 2.24) is 0 Å². The first-order valence-electron chi connectivity index (χ1n) is 3.63. The molecule has 1 rings (SSSR count). The van der Waals surface area contributed by atoms with E-state index in [-0.39, 0.29) is 19.0 Å². The van der Waals surface area contributed by atoms with E-state index in [4.69, 9.17) is 5.73 Å². The highest BCUT2D eigenvalue weighted by molar-refractivity contribution is 9.10. The molecule has 1 aromatic carbocycles. The van der Waals surface area contributed by atoms with Gasteiger partial charge in [-0.1, -0.05) is 15.9 Å². The molecule has 0 aliphatic carbocycles. The predicted molar refractivity (Wildman–Crippen MR) is 62.4 cm³/mol. The summed E-state index contributed by atoms with van der Waals surface area (Å²) in [7, 11) is -3.16. The second kappa shape index (κ2) is 5.11. The number of rotatable bonds is 2. The average Bonchev–Trinajstić information content (AvgIpc) is 2.01. The van der Waals surface area contributed by atoms with E-state index in [1.54, 1.807) is 18.2 Å². The van der Waals surface area contributed by atoms with Crippen molar-refractivity contribution in [2.24, 2.45) is 5.73 Å². The monoisotopic (exact) mass is 299 g/mol. The van der Waals surface area contributed by atoms with Crippen molar-refractivity contribution in [2.45, 2.75) is 11.4 Å². The van der Waals surface area contributed by atoms with Crippen LogP contribution in [-0.2, 0) is 16.4 Å². The van der Waals surface area contributed by atoms with Gasteiger partial charge in [-0.2, -0.15) is 0 Å². The minimum Gasteiger partial charge on any atom is -0.326 e. The SMILES string of the molecule is CS(=O)(=O)c1ccc(Br)cc1CN.Cl. The molecule has 0 aliphatic heterocycles. The van der Waals surface area contributed by atoms with Crippen molar-refractivity contribution >= 4 is 38.2 Å². The van der Waals surface area contributed by atoms with Crippen LogP contribution in [0.15, 0.2) is 27.6 Å². The third-order valence-corrected chi connectivity index (χ3v) is 3.33. The minimum absolute atomic E-state index is 0. The van der Waals surface area contributed by atoms with E-state index in [2.05, 4.69) is 15.9 Å². The summed E-state index contributed by atoms with van der Waals surface area (Å²) in [5, 5.41) is 0. The molecule has 0 saturated heterocycles. The van der Waals surface area contributed by atoms with Gasteiger partial charge in [0.05, 0.1) is 4.90 Å². The Balaban J connectivity index is 0.00000169. The fourth-order valence-corrected chi connectivity index (χ4v) is 2.41. The Morgan fingerprint density at radius 2 is 2.00 bits per heavy atom. The molecule has 0 radical (unpaired) electrons. The fourth-order valence-electron chi connectivity index (χ4n) is 1.07. The van der Waals surface area contributed by atoms with Gasteiger partial charge in [-0.05, 0) is 23.8 Å². The standard InChI is InChI=1S/C8H10BrNO2S.ClH/c1-13(11,12)8-3-2-7(9)4-6(8)5-10;/h2-4H,5,10H2,1H3;1H. The van der Waals surface area contributed by atoms with E-state index in [0.29, 0.717) is 10.5 Å². The third-order valence-electron chi connectivity index (χ3n) is 1.64. The van der Waals surface area contributed by atoms with Gasteiger partial charge >= 0.3 is 0 Å². The molecular weight excluding hydrogens is 290 g/mol. The Bertz CT molecular complexity index is 419. The molecule has 0 bridgehead atoms. The molecule has 0 unspecified atom stereocenters. The number of hydrogen-bond donors (Lipinski definition) is 1. The summed E-state index contributed by atoms with van der Waals surface area (Å²) in [6.07, 6.45) is 1.18. The Morgan fingerprint density at radius 3 is 2.43 bits per heavy atom. The van der Waals surface area contributed by atoms with Crippen molar-refractivity contribution in [1.29, 1.82) is 0 Å². The average molecular weight is 301 g/mol. The Labute approximate surface area is 98.1 Å². The lowest BCUT2D eigenvalue weighted by molar-refractivity contribution is 0.600. The fraction of sp³-hybridized carbons (Fsp3) is 0.250. The highest BCUT2D eigenvalue weighted by atomic mass is 79.9. The number of benzene rings is 1. The van der Waals surface area contributed by atoms with Crippen LogP contribution in [0.1, 0.15) is 5.56 Å². The molecule has 0 amide bonds. The lowest BCUT2D eigenvalue weighted by Crippen LogP contribution is -2.06. The maximum atomic E-state index is 11.3. The smallest absolute Gasteiger partial charge is 0.175 e. The molecule has 6 heteroatoms. The van der Waals surface area contributed by atoms with Crippen molar-refractivity contribution in [3.8, 4) is 0 Å². The largest absolute Gasteiger partial charge is 0.326 e. The zero-order valence-corrected chi connectivity index (χ0v) is 10.7. The van der Waals surface area contributed by atoms with Crippen LogP contribution in [0.2, 0.25) is 0 Å². The summed E-state index contributed by atoms with van der Waals surface area (Å²) >= 11 is 3.25. The number of sulfone groups is 1. The summed E-state index contributed by atoms with van der Waals surface area (Å²) < 4.78 is 23.3. The van der Waals surface area contributed by atoms with Crippen molar-refractivity contribution in [2.75, 3.05) is 6.26 Å². The van der Waals surface area contributed by atoms with Crippen molar-refractivity contribution < 1.29 is 8.42 Å². The first kappa shape index (κ1) is 13.9. The van der Waals surface area contributed by atoms with Gasteiger partial charge in [-0.25, -0.2) is 8.42 Å². The molecule has 0 aliphatic rings. The van der Waals surface area contributed by atoms with E-state index < -0.39 is 9.84 Å². The van der Waals surface area contributed by atoms with Crippen molar-refractivity contribution in [3.05, 3.63) is 28.2 Å². The van der Waals surface area contributed by atoms with Crippen molar-refractivity contribution in [3.63, 3.8) is 0 Å². The Kier molecular flexibility index (Phi) is 5.08. The van der Waals surface area contributed by atoms with Gasteiger partial charge < -0.3 is 5.73 Å². The van der Waals surface area contributed by atoms with E-state index in [1.807, 2.05) is 0 Å². The van der Waals surface area contributed by atoms with Crippen LogP contribution in [0.4, 0.5) is 0 Å². The van der Waals surface area contributed by atoms with Gasteiger partial charge in [0.1, 0.15) is 0 Å². The predicted octanol–water partition coefficient (Wildman–Crippen LogP) is 1.73. The molecular formula is C8H11BrClNO2S. The molecule has 0 fully saturated rings. The van der Waals surface area contributed by atoms with Gasteiger partial charge in [0, 0.05) is 17.3 Å². The van der Waals surface area contributed by atoms with E-state index in [0.717, 1.165) is 4.47 Å². The second-order valence-corrected chi connectivity index (χ2v) is 5.63. The van der Waals surface area contributed by atoms with E-state index in [1.165, 1.54) is 6.26 Å². The highest BCUT2D eigenvalue weighted by Crippen LogP contribution is 2.20. The maximum absolute atomic E-state index is 11.3. The molecule has 80 valence electrons. The van der Waals surface area contributed by atoms with Gasteiger partial charge in [0.25, 0.3) is 0 Å². The van der Waals surface area contributed by atoms with E-state index >= 15 is 0 Å². The van der Waals surface area contributed by atoms with Gasteiger partial charge in [0.15, 0.2) is 9.84 Å². The molecule has 0 spiro atoms. The zero-order chi connectivity index (χ0) is 10.1. The highest BCUT2D eigenvalue weighted by Gasteiger charge is 2.11. The van der Waals surface area contributed by atoms with Crippen LogP contribution in [0.5, 0.6) is 0 Å². The normalized spacial score (nSPS) is 10.8.